The number of carbonyl (C=O) groups is 1. The zero-order chi connectivity index (χ0) is 20.8. The van der Waals surface area contributed by atoms with Crippen molar-refractivity contribution in [2.45, 2.75) is 38.1 Å². The van der Waals surface area contributed by atoms with Crippen molar-refractivity contribution >= 4 is 28.8 Å². The maximum absolute atomic E-state index is 13.5. The number of halogens is 1. The first-order chi connectivity index (χ1) is 14.7. The molecular formula is C24H25FN4O. The maximum atomic E-state index is 13.5. The molecule has 0 bridgehead atoms. The van der Waals surface area contributed by atoms with Crippen LogP contribution in [0.1, 0.15) is 42.5 Å². The molecule has 0 unspecified atom stereocenters. The number of anilines is 4. The minimum Gasteiger partial charge on any atom is -0.382 e. The first-order valence-electron chi connectivity index (χ1n) is 10.3. The molecule has 1 amide bonds. The molecule has 2 aromatic carbocycles. The normalized spacial score (nSPS) is 14.2. The van der Waals surface area contributed by atoms with Crippen LogP contribution >= 0.6 is 0 Å². The fourth-order valence-corrected chi connectivity index (χ4v) is 3.72. The molecule has 0 atom stereocenters. The van der Waals surface area contributed by atoms with Gasteiger partial charge in [0, 0.05) is 29.3 Å². The van der Waals surface area contributed by atoms with Gasteiger partial charge in [-0.1, -0.05) is 25.3 Å². The van der Waals surface area contributed by atoms with Crippen LogP contribution < -0.4 is 16.0 Å². The average molecular weight is 404 g/mol. The van der Waals surface area contributed by atoms with Gasteiger partial charge in [-0.15, -0.1) is 0 Å². The molecule has 0 spiro atoms. The van der Waals surface area contributed by atoms with Crippen LogP contribution in [-0.4, -0.2) is 16.9 Å². The lowest BCUT2D eigenvalue weighted by atomic mass is 9.95. The smallest absolute Gasteiger partial charge is 0.259 e. The predicted octanol–water partition coefficient (Wildman–Crippen LogP) is 5.96. The van der Waals surface area contributed by atoms with E-state index in [1.807, 2.05) is 24.3 Å². The summed E-state index contributed by atoms with van der Waals surface area (Å²) in [7, 11) is 0. The Morgan fingerprint density at radius 1 is 0.900 bits per heavy atom. The molecule has 1 aromatic heterocycles. The van der Waals surface area contributed by atoms with E-state index in [1.165, 1.54) is 44.2 Å². The molecule has 6 heteroatoms. The van der Waals surface area contributed by atoms with E-state index in [0.29, 0.717) is 28.8 Å². The summed E-state index contributed by atoms with van der Waals surface area (Å²) in [6.45, 7) is 0. The van der Waals surface area contributed by atoms with Crippen molar-refractivity contribution in [1.82, 2.24) is 4.98 Å². The fourth-order valence-electron chi connectivity index (χ4n) is 3.72. The van der Waals surface area contributed by atoms with Crippen LogP contribution in [0.4, 0.5) is 27.3 Å². The second-order valence-electron chi connectivity index (χ2n) is 7.55. The molecule has 1 aliphatic carbocycles. The predicted molar refractivity (Wildman–Crippen MR) is 119 cm³/mol. The van der Waals surface area contributed by atoms with Crippen LogP contribution in [-0.2, 0) is 0 Å². The number of amides is 1. The van der Waals surface area contributed by atoms with E-state index in [4.69, 9.17) is 0 Å². The molecule has 1 fully saturated rings. The zero-order valence-corrected chi connectivity index (χ0v) is 16.7. The van der Waals surface area contributed by atoms with Gasteiger partial charge >= 0.3 is 0 Å². The largest absolute Gasteiger partial charge is 0.382 e. The lowest BCUT2D eigenvalue weighted by Gasteiger charge is -2.23. The molecule has 154 valence electrons. The van der Waals surface area contributed by atoms with E-state index < -0.39 is 0 Å². The van der Waals surface area contributed by atoms with Gasteiger partial charge in [-0.2, -0.15) is 0 Å². The number of hydrogen-bond donors (Lipinski definition) is 3. The van der Waals surface area contributed by atoms with Crippen LogP contribution in [0.5, 0.6) is 0 Å². The van der Waals surface area contributed by atoms with Crippen LogP contribution in [0, 0.1) is 5.82 Å². The maximum Gasteiger partial charge on any atom is 0.259 e. The summed E-state index contributed by atoms with van der Waals surface area (Å²) in [5, 5.41) is 9.49. The van der Waals surface area contributed by atoms with Gasteiger partial charge in [-0.05, 0) is 67.4 Å². The first kappa shape index (κ1) is 19.9. The minimum absolute atomic E-state index is 0.282. The van der Waals surface area contributed by atoms with Crippen molar-refractivity contribution in [2.75, 3.05) is 16.0 Å². The van der Waals surface area contributed by atoms with Crippen molar-refractivity contribution in [3.05, 3.63) is 78.2 Å². The zero-order valence-electron chi connectivity index (χ0n) is 16.7. The topological polar surface area (TPSA) is 66.0 Å². The van der Waals surface area contributed by atoms with E-state index in [2.05, 4.69) is 20.9 Å². The van der Waals surface area contributed by atoms with Gasteiger partial charge in [0.25, 0.3) is 5.91 Å². The van der Waals surface area contributed by atoms with E-state index >= 15 is 0 Å². The number of benzene rings is 2. The van der Waals surface area contributed by atoms with Crippen LogP contribution in [0.15, 0.2) is 66.9 Å². The number of hydrogen-bond acceptors (Lipinski definition) is 4. The standard InChI is InChI=1S/C24H25FN4O/c25-17-6-4-9-21(16-17)28-23-22(10-5-15-26-23)24(30)29-20-13-11-19(12-14-20)27-18-7-2-1-3-8-18/h4-6,9-16,18,27H,1-3,7-8H2,(H,26,28)(H,29,30). The van der Waals surface area contributed by atoms with Gasteiger partial charge in [-0.25, -0.2) is 9.37 Å². The molecule has 0 aliphatic heterocycles. The van der Waals surface area contributed by atoms with Gasteiger partial charge in [-0.3, -0.25) is 4.79 Å². The monoisotopic (exact) mass is 404 g/mol. The summed E-state index contributed by atoms with van der Waals surface area (Å²) >= 11 is 0. The Morgan fingerprint density at radius 3 is 2.43 bits per heavy atom. The Bertz CT molecular complexity index is 1000. The summed E-state index contributed by atoms with van der Waals surface area (Å²) in [6, 6.07) is 17.7. The lowest BCUT2D eigenvalue weighted by Crippen LogP contribution is -2.22. The third kappa shape index (κ3) is 5.14. The summed E-state index contributed by atoms with van der Waals surface area (Å²) in [4.78, 5) is 17.1. The highest BCUT2D eigenvalue weighted by molar-refractivity contribution is 6.07. The molecule has 5 nitrogen and oxygen atoms in total. The van der Waals surface area contributed by atoms with E-state index in [-0.39, 0.29) is 11.7 Å². The molecule has 3 aromatic rings. The van der Waals surface area contributed by atoms with Gasteiger partial charge in [0.05, 0.1) is 5.56 Å². The van der Waals surface area contributed by atoms with Crippen molar-refractivity contribution in [3.8, 4) is 0 Å². The second kappa shape index (κ2) is 9.39. The van der Waals surface area contributed by atoms with Crippen LogP contribution in [0.3, 0.4) is 0 Å². The molecular weight excluding hydrogens is 379 g/mol. The Morgan fingerprint density at radius 2 is 1.67 bits per heavy atom. The molecule has 3 N–H and O–H groups in total. The highest BCUT2D eigenvalue weighted by Crippen LogP contribution is 2.24. The molecule has 30 heavy (non-hydrogen) atoms. The summed E-state index contributed by atoms with van der Waals surface area (Å²) in [5.74, 6) is -0.268. The summed E-state index contributed by atoms with van der Waals surface area (Å²) in [6.07, 6.45) is 7.89. The van der Waals surface area contributed by atoms with Crippen LogP contribution in [0.25, 0.3) is 0 Å². The number of rotatable bonds is 6. The molecule has 0 saturated heterocycles. The van der Waals surface area contributed by atoms with Crippen molar-refractivity contribution in [1.29, 1.82) is 0 Å². The highest BCUT2D eigenvalue weighted by Gasteiger charge is 2.14. The third-order valence-electron chi connectivity index (χ3n) is 5.26. The van der Waals surface area contributed by atoms with Gasteiger partial charge in [0.1, 0.15) is 11.6 Å². The lowest BCUT2D eigenvalue weighted by molar-refractivity contribution is 0.102. The van der Waals surface area contributed by atoms with Crippen molar-refractivity contribution in [3.63, 3.8) is 0 Å². The Kier molecular flexibility index (Phi) is 6.23. The molecule has 1 heterocycles. The SMILES string of the molecule is O=C(Nc1ccc(NC2CCCCC2)cc1)c1cccnc1Nc1cccc(F)c1. The van der Waals surface area contributed by atoms with E-state index in [0.717, 1.165) is 5.69 Å². The summed E-state index contributed by atoms with van der Waals surface area (Å²) < 4.78 is 13.5. The Balaban J connectivity index is 1.42. The third-order valence-corrected chi connectivity index (χ3v) is 5.26. The Labute approximate surface area is 175 Å². The molecule has 4 rings (SSSR count). The van der Waals surface area contributed by atoms with Crippen molar-refractivity contribution in [2.24, 2.45) is 0 Å². The second-order valence-corrected chi connectivity index (χ2v) is 7.55. The van der Waals surface area contributed by atoms with Gasteiger partial charge in [0.2, 0.25) is 0 Å². The van der Waals surface area contributed by atoms with E-state index in [1.54, 1.807) is 30.5 Å². The van der Waals surface area contributed by atoms with Crippen molar-refractivity contribution < 1.29 is 9.18 Å². The number of pyridine rings is 1. The number of carbonyl (C=O) groups excluding carboxylic acids is 1. The molecule has 1 aliphatic rings. The van der Waals surface area contributed by atoms with Crippen LogP contribution in [0.2, 0.25) is 0 Å². The molecule has 0 radical (unpaired) electrons. The van der Waals surface area contributed by atoms with E-state index in [9.17, 15) is 9.18 Å². The first-order valence-corrected chi connectivity index (χ1v) is 10.3. The average Bonchev–Trinajstić information content (AvgIpc) is 2.76. The Hall–Kier alpha value is -3.41. The number of nitrogens with zero attached hydrogens (tertiary/aromatic N) is 1. The molecule has 1 saturated carbocycles. The minimum atomic E-state index is -0.358. The van der Waals surface area contributed by atoms with Gasteiger partial charge in [0.15, 0.2) is 0 Å². The quantitative estimate of drug-likeness (QED) is 0.474. The highest BCUT2D eigenvalue weighted by atomic mass is 19.1. The number of nitrogens with one attached hydrogen (secondary N) is 3. The summed E-state index contributed by atoms with van der Waals surface area (Å²) in [5.41, 5.74) is 2.68. The fraction of sp³-hybridized carbons (Fsp3) is 0.250. The van der Waals surface area contributed by atoms with Gasteiger partial charge < -0.3 is 16.0 Å². The number of aromatic nitrogens is 1.